The second kappa shape index (κ2) is 4.20. The van der Waals surface area contributed by atoms with Crippen LogP contribution in [0.15, 0.2) is 9.59 Å². The molecule has 8 nitrogen and oxygen atoms in total. The van der Waals surface area contributed by atoms with Crippen molar-refractivity contribution in [2.75, 3.05) is 18.4 Å². The molecule has 0 aliphatic heterocycles. The predicted octanol–water partition coefficient (Wildman–Crippen LogP) is -0.889. The van der Waals surface area contributed by atoms with Gasteiger partial charge < -0.3 is 16.0 Å². The van der Waals surface area contributed by atoms with E-state index in [0.29, 0.717) is 23.7 Å². The first kappa shape index (κ1) is 12.9. The van der Waals surface area contributed by atoms with Crippen LogP contribution in [0.4, 0.5) is 5.95 Å². The first-order valence-electron chi connectivity index (χ1n) is 6.57. The molecule has 1 fully saturated rings. The topological polar surface area (TPSA) is 111 Å². The number of nitrogens with two attached hydrogens (primary N) is 1. The number of aromatic nitrogens is 4. The minimum absolute atomic E-state index is 0.163. The van der Waals surface area contributed by atoms with Crippen molar-refractivity contribution in [2.24, 2.45) is 25.2 Å². The van der Waals surface area contributed by atoms with Gasteiger partial charge in [-0.25, -0.2) is 4.79 Å². The van der Waals surface area contributed by atoms with E-state index < -0.39 is 0 Å². The maximum absolute atomic E-state index is 12.0. The molecule has 0 unspecified atom stereocenters. The molecule has 108 valence electrons. The molecule has 4 N–H and O–H groups in total. The lowest BCUT2D eigenvalue weighted by molar-refractivity contribution is 0.554. The Morgan fingerprint density at radius 1 is 1.35 bits per heavy atom. The minimum atomic E-state index is -0.388. The zero-order chi connectivity index (χ0) is 14.5. The van der Waals surface area contributed by atoms with Gasteiger partial charge in [0.15, 0.2) is 11.2 Å². The Balaban J connectivity index is 1.99. The van der Waals surface area contributed by atoms with E-state index in [0.717, 1.165) is 24.0 Å². The van der Waals surface area contributed by atoms with E-state index in [1.165, 1.54) is 11.6 Å². The summed E-state index contributed by atoms with van der Waals surface area (Å²) >= 11 is 0. The van der Waals surface area contributed by atoms with Crippen molar-refractivity contribution < 1.29 is 0 Å². The Kier molecular flexibility index (Phi) is 2.72. The van der Waals surface area contributed by atoms with Gasteiger partial charge in [0.25, 0.3) is 5.56 Å². The summed E-state index contributed by atoms with van der Waals surface area (Å²) in [4.78, 5) is 31.1. The van der Waals surface area contributed by atoms with Crippen LogP contribution in [-0.4, -0.2) is 32.2 Å². The number of nitrogens with zero attached hydrogens (tertiary/aromatic N) is 3. The molecule has 0 aromatic carbocycles. The SMILES string of the molecule is Cn1c(=O)c2[nH]c(NCC3(CN)CC3)nc2n(C)c1=O. The predicted molar refractivity (Wildman–Crippen MR) is 75.8 cm³/mol. The quantitative estimate of drug-likeness (QED) is 0.672. The van der Waals surface area contributed by atoms with E-state index >= 15 is 0 Å². The number of fused-ring (bicyclic) bond motifs is 1. The van der Waals surface area contributed by atoms with Gasteiger partial charge >= 0.3 is 5.69 Å². The number of aryl methyl sites for hydroxylation is 1. The van der Waals surface area contributed by atoms with Gasteiger partial charge in [0.05, 0.1) is 0 Å². The molecule has 0 amide bonds. The summed E-state index contributed by atoms with van der Waals surface area (Å²) in [5, 5.41) is 3.17. The molecular formula is C12H18N6O2. The van der Waals surface area contributed by atoms with Gasteiger partial charge in [-0.15, -0.1) is 0 Å². The van der Waals surface area contributed by atoms with Crippen LogP contribution >= 0.6 is 0 Å². The fourth-order valence-corrected chi connectivity index (χ4v) is 2.31. The van der Waals surface area contributed by atoms with E-state index in [9.17, 15) is 9.59 Å². The second-order valence-corrected chi connectivity index (χ2v) is 5.55. The average molecular weight is 278 g/mol. The maximum Gasteiger partial charge on any atom is 0.332 e. The number of aromatic amines is 1. The summed E-state index contributed by atoms with van der Waals surface area (Å²) in [7, 11) is 3.04. The van der Waals surface area contributed by atoms with Gasteiger partial charge in [-0.2, -0.15) is 4.98 Å². The smallest absolute Gasteiger partial charge is 0.332 e. The maximum atomic E-state index is 12.0. The summed E-state index contributed by atoms with van der Waals surface area (Å²) in [5.74, 6) is 0.498. The number of H-pyrrole nitrogens is 1. The van der Waals surface area contributed by atoms with Crippen LogP contribution in [0.3, 0.4) is 0 Å². The van der Waals surface area contributed by atoms with Crippen molar-refractivity contribution in [3.05, 3.63) is 20.8 Å². The lowest BCUT2D eigenvalue weighted by Crippen LogP contribution is -2.36. The highest BCUT2D eigenvalue weighted by Crippen LogP contribution is 2.44. The molecule has 1 saturated carbocycles. The third kappa shape index (κ3) is 1.83. The monoisotopic (exact) mass is 278 g/mol. The Bertz CT molecular complexity index is 780. The Hall–Kier alpha value is -2.09. The van der Waals surface area contributed by atoms with Crippen molar-refractivity contribution in [1.29, 1.82) is 0 Å². The minimum Gasteiger partial charge on any atom is -0.355 e. The number of rotatable bonds is 4. The van der Waals surface area contributed by atoms with Crippen LogP contribution in [0.5, 0.6) is 0 Å². The Morgan fingerprint density at radius 3 is 2.65 bits per heavy atom. The summed E-state index contributed by atoms with van der Waals surface area (Å²) in [6, 6.07) is 0. The van der Waals surface area contributed by atoms with Crippen LogP contribution in [0.1, 0.15) is 12.8 Å². The molecule has 2 aromatic heterocycles. The molecule has 1 aliphatic rings. The Morgan fingerprint density at radius 2 is 2.05 bits per heavy atom. The number of hydrogen-bond donors (Lipinski definition) is 3. The molecular weight excluding hydrogens is 260 g/mol. The van der Waals surface area contributed by atoms with Crippen LogP contribution in [0.25, 0.3) is 11.2 Å². The summed E-state index contributed by atoms with van der Waals surface area (Å²) in [6.07, 6.45) is 2.22. The van der Waals surface area contributed by atoms with Crippen molar-refractivity contribution in [3.63, 3.8) is 0 Å². The molecule has 8 heteroatoms. The van der Waals surface area contributed by atoms with E-state index in [1.54, 1.807) is 7.05 Å². The number of hydrogen-bond acceptors (Lipinski definition) is 5. The molecule has 3 rings (SSSR count). The van der Waals surface area contributed by atoms with Gasteiger partial charge in [-0.1, -0.05) is 0 Å². The first-order chi connectivity index (χ1) is 9.47. The van der Waals surface area contributed by atoms with Crippen molar-refractivity contribution in [2.45, 2.75) is 12.8 Å². The van der Waals surface area contributed by atoms with Crippen LogP contribution < -0.4 is 22.3 Å². The van der Waals surface area contributed by atoms with E-state index in [-0.39, 0.29) is 16.7 Å². The molecule has 2 aromatic rings. The summed E-state index contributed by atoms with van der Waals surface area (Å²) < 4.78 is 2.42. The highest BCUT2D eigenvalue weighted by atomic mass is 16.2. The highest BCUT2D eigenvalue weighted by Gasteiger charge is 2.41. The molecule has 1 aliphatic carbocycles. The molecule has 2 heterocycles. The van der Waals surface area contributed by atoms with Gasteiger partial charge in [0.2, 0.25) is 5.95 Å². The van der Waals surface area contributed by atoms with Gasteiger partial charge in [0.1, 0.15) is 0 Å². The third-order valence-electron chi connectivity index (χ3n) is 4.12. The normalized spacial score (nSPS) is 16.6. The summed E-state index contributed by atoms with van der Waals surface area (Å²) in [6.45, 7) is 1.36. The van der Waals surface area contributed by atoms with Crippen LogP contribution in [0.2, 0.25) is 0 Å². The molecule has 0 bridgehead atoms. The van der Waals surface area contributed by atoms with Crippen molar-refractivity contribution in [1.82, 2.24) is 19.1 Å². The molecule has 0 atom stereocenters. The van der Waals surface area contributed by atoms with Crippen LogP contribution in [0, 0.1) is 5.41 Å². The zero-order valence-corrected chi connectivity index (χ0v) is 11.6. The Labute approximate surface area is 114 Å². The molecule has 0 spiro atoms. The first-order valence-corrected chi connectivity index (χ1v) is 6.57. The lowest BCUT2D eigenvalue weighted by Gasteiger charge is -2.11. The van der Waals surface area contributed by atoms with Crippen molar-refractivity contribution in [3.8, 4) is 0 Å². The van der Waals surface area contributed by atoms with E-state index in [4.69, 9.17) is 5.73 Å². The van der Waals surface area contributed by atoms with Gasteiger partial charge in [0, 0.05) is 20.6 Å². The third-order valence-corrected chi connectivity index (χ3v) is 4.12. The zero-order valence-electron chi connectivity index (χ0n) is 11.6. The largest absolute Gasteiger partial charge is 0.355 e. The average Bonchev–Trinajstić information content (AvgIpc) is 3.12. The van der Waals surface area contributed by atoms with E-state index in [2.05, 4.69) is 15.3 Å². The fourth-order valence-electron chi connectivity index (χ4n) is 2.31. The molecule has 20 heavy (non-hydrogen) atoms. The lowest BCUT2D eigenvalue weighted by atomic mass is 10.1. The standard InChI is InChI=1S/C12H18N6O2/c1-17-8-7(9(19)18(2)11(17)20)15-10(16-8)14-6-12(5-13)3-4-12/h3-6,13H2,1-2H3,(H2,14,15,16). The van der Waals surface area contributed by atoms with Crippen molar-refractivity contribution >= 4 is 17.1 Å². The van der Waals surface area contributed by atoms with E-state index in [1.807, 2.05) is 0 Å². The van der Waals surface area contributed by atoms with Crippen LogP contribution in [-0.2, 0) is 14.1 Å². The fraction of sp³-hybridized carbons (Fsp3) is 0.583. The second-order valence-electron chi connectivity index (χ2n) is 5.55. The number of nitrogens with one attached hydrogen (secondary N) is 2. The summed E-state index contributed by atoms with van der Waals surface area (Å²) in [5.41, 5.74) is 5.82. The highest BCUT2D eigenvalue weighted by molar-refractivity contribution is 5.72. The molecule has 0 saturated heterocycles. The molecule has 0 radical (unpaired) electrons. The van der Waals surface area contributed by atoms with Gasteiger partial charge in [-0.3, -0.25) is 13.9 Å². The number of anilines is 1. The van der Waals surface area contributed by atoms with Gasteiger partial charge in [-0.05, 0) is 24.8 Å². The number of imidazole rings is 1.